The van der Waals surface area contributed by atoms with Gasteiger partial charge in [-0.3, -0.25) is 0 Å². The third kappa shape index (κ3) is 7.07. The first-order valence-corrected chi connectivity index (χ1v) is 23.8. The largest absolute Gasteiger partial charge is 0.0984 e. The summed E-state index contributed by atoms with van der Waals surface area (Å²) in [7, 11) is 0. The van der Waals surface area contributed by atoms with Gasteiger partial charge in [-0.1, -0.05) is 197 Å². The normalized spacial score (nSPS) is 21.1. The monoisotopic (exact) mass is 830 g/mol. The van der Waals surface area contributed by atoms with Gasteiger partial charge in [0, 0.05) is 17.3 Å². The van der Waals surface area contributed by atoms with Gasteiger partial charge in [-0.15, -0.1) is 0 Å². The van der Waals surface area contributed by atoms with Crippen LogP contribution in [0.4, 0.5) is 0 Å². The number of hydrogen-bond acceptors (Lipinski definition) is 0. The molecule has 0 heteroatoms. The van der Waals surface area contributed by atoms with Crippen LogP contribution in [0.3, 0.4) is 0 Å². The Morgan fingerprint density at radius 2 is 1.50 bits per heavy atom. The fourth-order valence-corrected chi connectivity index (χ4v) is 12.1. The van der Waals surface area contributed by atoms with E-state index in [2.05, 4.69) is 213 Å². The Balaban J connectivity index is 0.000000176. The molecule has 0 aliphatic heterocycles. The Morgan fingerprint density at radius 3 is 2.30 bits per heavy atom. The summed E-state index contributed by atoms with van der Waals surface area (Å²) < 4.78 is 0. The second-order valence-electron chi connectivity index (χ2n) is 19.7. The van der Waals surface area contributed by atoms with Crippen LogP contribution in [0.1, 0.15) is 117 Å². The average molecular weight is 831 g/mol. The summed E-state index contributed by atoms with van der Waals surface area (Å²) in [6, 6.07) is 40.7. The fourth-order valence-electron chi connectivity index (χ4n) is 12.1. The van der Waals surface area contributed by atoms with Crippen molar-refractivity contribution >= 4 is 16.7 Å². The Morgan fingerprint density at radius 1 is 0.719 bits per heavy atom. The van der Waals surface area contributed by atoms with Gasteiger partial charge in [0.1, 0.15) is 0 Å². The summed E-state index contributed by atoms with van der Waals surface area (Å²) in [6.07, 6.45) is 25.6. The lowest BCUT2D eigenvalue weighted by Gasteiger charge is -2.34. The van der Waals surface area contributed by atoms with E-state index in [-0.39, 0.29) is 5.41 Å². The van der Waals surface area contributed by atoms with Gasteiger partial charge in [0.25, 0.3) is 0 Å². The van der Waals surface area contributed by atoms with Crippen molar-refractivity contribution in [1.29, 1.82) is 0 Å². The fraction of sp³-hybridized carbons (Fsp3) is 0.250. The van der Waals surface area contributed by atoms with E-state index in [1.807, 2.05) is 6.08 Å². The van der Waals surface area contributed by atoms with Crippen molar-refractivity contribution in [3.8, 4) is 22.3 Å². The molecule has 318 valence electrons. The first-order valence-electron chi connectivity index (χ1n) is 23.8. The van der Waals surface area contributed by atoms with Crippen LogP contribution in [0.25, 0.3) is 39.0 Å². The maximum Gasteiger partial charge on any atom is 0.0142 e. The van der Waals surface area contributed by atoms with Crippen molar-refractivity contribution in [3.05, 3.63) is 243 Å². The molecular weight excluding hydrogens is 769 g/mol. The SMILES string of the molecule is C=CC1=C(/C=C\C)c2ccccc2C2CC(c3ccc(C)c(-c4cc(-c5ccccc5)ccc4C(C)C)c3)=CC=C12.Cc1ccc2c(c1)C(C)(C)C1=C2C=CC2CC3=C(C=CCC3)C12. The summed E-state index contributed by atoms with van der Waals surface area (Å²) in [4.78, 5) is 0. The molecule has 64 heavy (non-hydrogen) atoms. The van der Waals surface area contributed by atoms with Gasteiger partial charge in [0.15, 0.2) is 0 Å². The zero-order valence-electron chi connectivity index (χ0n) is 38.9. The number of benzene rings is 5. The molecule has 0 nitrogen and oxygen atoms in total. The van der Waals surface area contributed by atoms with Crippen LogP contribution < -0.4 is 0 Å². The van der Waals surface area contributed by atoms with Crippen LogP contribution in [-0.4, -0.2) is 0 Å². The van der Waals surface area contributed by atoms with Crippen molar-refractivity contribution in [2.45, 2.75) is 91.4 Å². The molecule has 5 aromatic rings. The third-order valence-electron chi connectivity index (χ3n) is 15.2. The molecule has 0 spiro atoms. The van der Waals surface area contributed by atoms with Crippen LogP contribution in [0.15, 0.2) is 198 Å². The molecule has 0 radical (unpaired) electrons. The minimum atomic E-state index is 0.151. The number of aryl methyl sites for hydroxylation is 2. The highest BCUT2D eigenvalue weighted by Gasteiger charge is 2.47. The minimum absolute atomic E-state index is 0.151. The molecular formula is C64H62. The highest BCUT2D eigenvalue weighted by Crippen LogP contribution is 2.59. The summed E-state index contributed by atoms with van der Waals surface area (Å²) in [5, 5.41) is 0. The lowest BCUT2D eigenvalue weighted by molar-refractivity contribution is 0.478. The summed E-state index contributed by atoms with van der Waals surface area (Å²) in [6.45, 7) is 20.2. The topological polar surface area (TPSA) is 0 Å². The molecule has 5 aromatic carbocycles. The zero-order chi connectivity index (χ0) is 44.3. The third-order valence-corrected chi connectivity index (χ3v) is 15.2. The second kappa shape index (κ2) is 16.7. The molecule has 0 saturated heterocycles. The summed E-state index contributed by atoms with van der Waals surface area (Å²) in [5.74, 6) is 2.07. The first kappa shape index (κ1) is 41.8. The summed E-state index contributed by atoms with van der Waals surface area (Å²) >= 11 is 0. The maximum atomic E-state index is 4.21. The molecule has 0 aromatic heterocycles. The molecule has 0 amide bonds. The van der Waals surface area contributed by atoms with Crippen LogP contribution in [-0.2, 0) is 5.41 Å². The Labute approximate surface area is 383 Å². The zero-order valence-corrected chi connectivity index (χ0v) is 38.9. The number of fused-ring (bicyclic) bond motifs is 8. The number of hydrogen-bond donors (Lipinski definition) is 0. The van der Waals surface area contributed by atoms with E-state index in [1.54, 1.807) is 16.7 Å². The van der Waals surface area contributed by atoms with Gasteiger partial charge >= 0.3 is 0 Å². The maximum absolute atomic E-state index is 4.21. The van der Waals surface area contributed by atoms with Crippen molar-refractivity contribution in [3.63, 3.8) is 0 Å². The van der Waals surface area contributed by atoms with Gasteiger partial charge < -0.3 is 0 Å². The Hall–Kier alpha value is -6.24. The van der Waals surface area contributed by atoms with Crippen LogP contribution >= 0.6 is 0 Å². The molecule has 0 saturated carbocycles. The molecule has 0 heterocycles. The van der Waals surface area contributed by atoms with E-state index >= 15 is 0 Å². The Kier molecular flexibility index (Phi) is 10.9. The second-order valence-corrected chi connectivity index (χ2v) is 19.7. The summed E-state index contributed by atoms with van der Waals surface area (Å²) in [5.41, 5.74) is 28.3. The quantitative estimate of drug-likeness (QED) is 0.160. The van der Waals surface area contributed by atoms with Gasteiger partial charge in [0.2, 0.25) is 0 Å². The van der Waals surface area contributed by atoms with Crippen molar-refractivity contribution in [2.75, 3.05) is 0 Å². The van der Waals surface area contributed by atoms with E-state index in [9.17, 15) is 0 Å². The van der Waals surface area contributed by atoms with Crippen LogP contribution in [0.2, 0.25) is 0 Å². The molecule has 11 rings (SSSR count). The average Bonchev–Trinajstić information content (AvgIpc) is 3.80. The first-order chi connectivity index (χ1) is 31.1. The van der Waals surface area contributed by atoms with Crippen molar-refractivity contribution < 1.29 is 0 Å². The predicted octanol–water partition coefficient (Wildman–Crippen LogP) is 17.4. The van der Waals surface area contributed by atoms with Crippen molar-refractivity contribution in [1.82, 2.24) is 0 Å². The van der Waals surface area contributed by atoms with E-state index in [0.29, 0.717) is 23.7 Å². The lowest BCUT2D eigenvalue weighted by Crippen LogP contribution is -2.27. The highest BCUT2D eigenvalue weighted by atomic mass is 14.5. The number of rotatable bonds is 6. The molecule has 0 fully saturated rings. The number of allylic oxidation sites excluding steroid dienone is 17. The van der Waals surface area contributed by atoms with E-state index in [4.69, 9.17) is 0 Å². The van der Waals surface area contributed by atoms with E-state index < -0.39 is 0 Å². The smallest absolute Gasteiger partial charge is 0.0142 e. The Bertz CT molecular complexity index is 2970. The molecule has 6 aliphatic carbocycles. The molecule has 0 bridgehead atoms. The van der Waals surface area contributed by atoms with Gasteiger partial charge in [0.05, 0.1) is 0 Å². The van der Waals surface area contributed by atoms with Gasteiger partial charge in [-0.2, -0.15) is 0 Å². The minimum Gasteiger partial charge on any atom is -0.0984 e. The van der Waals surface area contributed by atoms with Gasteiger partial charge in [-0.05, 0) is 171 Å². The predicted molar refractivity (Wildman–Crippen MR) is 275 cm³/mol. The molecule has 3 atom stereocenters. The van der Waals surface area contributed by atoms with Crippen LogP contribution in [0, 0.1) is 25.7 Å². The van der Waals surface area contributed by atoms with E-state index in [0.717, 1.165) is 6.42 Å². The molecule has 0 N–H and O–H groups in total. The molecule has 6 aliphatic rings. The lowest BCUT2D eigenvalue weighted by atomic mass is 9.69. The highest BCUT2D eigenvalue weighted by molar-refractivity contribution is 5.90. The van der Waals surface area contributed by atoms with Crippen molar-refractivity contribution in [2.24, 2.45) is 11.8 Å². The standard InChI is InChI=1S/C41H38.C23H24/c1-6-13-35-33(7-2)38-23-21-32(26-41(38)37-17-12-11-16-36(35)37)31-19-18-28(5)39(24-31)40-25-30(20-22-34(40)27(3)4)29-14-9-8-10-15-29;1-14-8-10-18-19-11-9-16-13-15-6-4-5-7-17(15)21(16)22(19)23(2,3)20(18)12-14/h6-25,27,41H,2,26H2,1,3-5H3;5,7-12,16,21H,4,6,13H2,1-3H3/b13-6-;. The van der Waals surface area contributed by atoms with Crippen LogP contribution in [0.5, 0.6) is 0 Å². The molecule has 3 unspecified atom stereocenters. The van der Waals surface area contributed by atoms with E-state index in [1.165, 1.54) is 114 Å². The van der Waals surface area contributed by atoms with Gasteiger partial charge in [-0.25, -0.2) is 0 Å².